The number of nitrogens with one attached hydrogen (secondary N) is 1. The fourth-order valence-corrected chi connectivity index (χ4v) is 3.05. The summed E-state index contributed by atoms with van der Waals surface area (Å²) in [5.41, 5.74) is 1.22. The lowest BCUT2D eigenvalue weighted by Crippen LogP contribution is -2.22. The van der Waals surface area contributed by atoms with Crippen LogP contribution in [0.3, 0.4) is 0 Å². The molecule has 1 atom stereocenters. The Balaban J connectivity index is 1.90. The maximum Gasteiger partial charge on any atom is 0.231 e. The highest BCUT2D eigenvalue weighted by Gasteiger charge is 2.19. The van der Waals surface area contributed by atoms with E-state index in [4.69, 9.17) is 9.47 Å². The van der Waals surface area contributed by atoms with Crippen molar-refractivity contribution in [2.75, 3.05) is 13.3 Å². The van der Waals surface area contributed by atoms with E-state index in [1.165, 1.54) is 10.4 Å². The van der Waals surface area contributed by atoms with Crippen molar-refractivity contribution in [3.8, 4) is 11.5 Å². The highest BCUT2D eigenvalue weighted by atomic mass is 32.1. The SMILES string of the molecule is CCCNC(c1ccc2c(c1)OCO2)c1cccs1. The van der Waals surface area contributed by atoms with Crippen LogP contribution in [0.1, 0.15) is 29.8 Å². The Morgan fingerprint density at radius 3 is 2.95 bits per heavy atom. The minimum Gasteiger partial charge on any atom is -0.454 e. The van der Waals surface area contributed by atoms with E-state index in [-0.39, 0.29) is 6.04 Å². The lowest BCUT2D eigenvalue weighted by Gasteiger charge is -2.18. The van der Waals surface area contributed by atoms with E-state index in [2.05, 4.69) is 41.9 Å². The van der Waals surface area contributed by atoms with Gasteiger partial charge in [0.05, 0.1) is 6.04 Å². The largest absolute Gasteiger partial charge is 0.454 e. The minimum atomic E-state index is 0.231. The normalized spacial score (nSPS) is 14.6. The third-order valence-corrected chi connectivity index (χ3v) is 4.09. The predicted octanol–water partition coefficient (Wildman–Crippen LogP) is 3.57. The number of benzene rings is 1. The molecule has 19 heavy (non-hydrogen) atoms. The first kappa shape index (κ1) is 12.5. The molecule has 3 rings (SSSR count). The number of ether oxygens (including phenoxy) is 2. The fourth-order valence-electron chi connectivity index (χ4n) is 2.22. The zero-order chi connectivity index (χ0) is 13.1. The average molecular weight is 275 g/mol. The predicted molar refractivity (Wildman–Crippen MR) is 77.0 cm³/mol. The van der Waals surface area contributed by atoms with Crippen LogP contribution >= 0.6 is 11.3 Å². The van der Waals surface area contributed by atoms with Crippen molar-refractivity contribution in [1.29, 1.82) is 0 Å². The standard InChI is InChI=1S/C15H17NO2S/c1-2-7-16-15(14-4-3-8-19-14)11-5-6-12-13(9-11)18-10-17-12/h3-6,8-9,15-16H,2,7,10H2,1H3. The Kier molecular flexibility index (Phi) is 3.71. The number of thiophene rings is 1. The van der Waals surface area contributed by atoms with E-state index in [1.807, 2.05) is 6.07 Å². The maximum absolute atomic E-state index is 5.46. The lowest BCUT2D eigenvalue weighted by atomic mass is 10.0. The summed E-state index contributed by atoms with van der Waals surface area (Å²) in [5.74, 6) is 1.68. The molecule has 2 aromatic rings. The molecule has 1 aliphatic heterocycles. The van der Waals surface area contributed by atoms with Gasteiger partial charge in [0.1, 0.15) is 0 Å². The Labute approximate surface area is 117 Å². The summed E-state index contributed by atoms with van der Waals surface area (Å²) in [7, 11) is 0. The highest BCUT2D eigenvalue weighted by Crippen LogP contribution is 2.36. The van der Waals surface area contributed by atoms with Crippen LogP contribution in [0.5, 0.6) is 11.5 Å². The molecule has 4 heteroatoms. The second kappa shape index (κ2) is 5.63. The van der Waals surface area contributed by atoms with Gasteiger partial charge < -0.3 is 14.8 Å². The van der Waals surface area contributed by atoms with Crippen LogP contribution in [0.15, 0.2) is 35.7 Å². The van der Waals surface area contributed by atoms with Gasteiger partial charge in [0.2, 0.25) is 6.79 Å². The molecule has 2 heterocycles. The molecule has 1 aliphatic rings. The molecule has 0 radical (unpaired) electrons. The Morgan fingerprint density at radius 1 is 1.26 bits per heavy atom. The Bertz CT molecular complexity index is 539. The second-order valence-electron chi connectivity index (χ2n) is 4.52. The highest BCUT2D eigenvalue weighted by molar-refractivity contribution is 7.10. The van der Waals surface area contributed by atoms with Crippen molar-refractivity contribution >= 4 is 11.3 Å². The molecule has 0 saturated heterocycles. The average Bonchev–Trinajstić information content (AvgIpc) is 3.09. The quantitative estimate of drug-likeness (QED) is 0.905. The van der Waals surface area contributed by atoms with Crippen LogP contribution in [0.2, 0.25) is 0 Å². The third-order valence-electron chi connectivity index (χ3n) is 3.16. The van der Waals surface area contributed by atoms with E-state index >= 15 is 0 Å². The molecule has 0 bridgehead atoms. The zero-order valence-corrected chi connectivity index (χ0v) is 11.7. The summed E-state index contributed by atoms with van der Waals surface area (Å²) >= 11 is 1.78. The summed E-state index contributed by atoms with van der Waals surface area (Å²) in [6, 6.07) is 10.7. The summed E-state index contributed by atoms with van der Waals surface area (Å²) in [5, 5.41) is 5.71. The van der Waals surface area contributed by atoms with Crippen molar-refractivity contribution in [3.63, 3.8) is 0 Å². The monoisotopic (exact) mass is 275 g/mol. The van der Waals surface area contributed by atoms with Gasteiger partial charge in [-0.2, -0.15) is 0 Å². The van der Waals surface area contributed by atoms with Gasteiger partial charge in [-0.05, 0) is 42.1 Å². The molecule has 1 N–H and O–H groups in total. The van der Waals surface area contributed by atoms with Crippen molar-refractivity contribution in [2.24, 2.45) is 0 Å². The van der Waals surface area contributed by atoms with E-state index < -0.39 is 0 Å². The molecule has 0 aliphatic carbocycles. The number of fused-ring (bicyclic) bond motifs is 1. The topological polar surface area (TPSA) is 30.5 Å². The summed E-state index contributed by atoms with van der Waals surface area (Å²) < 4.78 is 10.8. The lowest BCUT2D eigenvalue weighted by molar-refractivity contribution is 0.174. The van der Waals surface area contributed by atoms with Crippen LogP contribution in [-0.4, -0.2) is 13.3 Å². The molecule has 0 amide bonds. The molecule has 3 nitrogen and oxygen atoms in total. The third kappa shape index (κ3) is 2.60. The van der Waals surface area contributed by atoms with Crippen molar-refractivity contribution in [3.05, 3.63) is 46.2 Å². The van der Waals surface area contributed by atoms with Crippen LogP contribution in [0.25, 0.3) is 0 Å². The number of rotatable bonds is 5. The maximum atomic E-state index is 5.46. The number of hydrogen-bond acceptors (Lipinski definition) is 4. The Hall–Kier alpha value is -1.52. The van der Waals surface area contributed by atoms with E-state index in [9.17, 15) is 0 Å². The van der Waals surface area contributed by atoms with Gasteiger partial charge >= 0.3 is 0 Å². The molecular formula is C15H17NO2S. The van der Waals surface area contributed by atoms with Crippen LogP contribution < -0.4 is 14.8 Å². The van der Waals surface area contributed by atoms with E-state index in [1.54, 1.807) is 11.3 Å². The molecule has 0 spiro atoms. The summed E-state index contributed by atoms with van der Waals surface area (Å²) in [6.45, 7) is 3.50. The molecule has 100 valence electrons. The van der Waals surface area contributed by atoms with E-state index in [0.717, 1.165) is 24.5 Å². The first-order chi connectivity index (χ1) is 9.38. The minimum absolute atomic E-state index is 0.231. The molecular weight excluding hydrogens is 258 g/mol. The van der Waals surface area contributed by atoms with Gasteiger partial charge in [-0.15, -0.1) is 11.3 Å². The molecule has 0 saturated carbocycles. The molecule has 1 aromatic carbocycles. The second-order valence-corrected chi connectivity index (χ2v) is 5.49. The van der Waals surface area contributed by atoms with Crippen LogP contribution in [-0.2, 0) is 0 Å². The first-order valence-corrected chi connectivity index (χ1v) is 7.43. The molecule has 1 unspecified atom stereocenters. The van der Waals surface area contributed by atoms with Gasteiger partial charge in [-0.1, -0.05) is 19.1 Å². The molecule has 1 aromatic heterocycles. The van der Waals surface area contributed by atoms with Crippen molar-refractivity contribution in [2.45, 2.75) is 19.4 Å². The van der Waals surface area contributed by atoms with E-state index in [0.29, 0.717) is 6.79 Å². The van der Waals surface area contributed by atoms with Crippen LogP contribution in [0.4, 0.5) is 0 Å². The summed E-state index contributed by atoms with van der Waals surface area (Å²) in [4.78, 5) is 1.33. The zero-order valence-electron chi connectivity index (χ0n) is 10.9. The Morgan fingerprint density at radius 2 is 2.16 bits per heavy atom. The first-order valence-electron chi connectivity index (χ1n) is 6.55. The van der Waals surface area contributed by atoms with Gasteiger partial charge in [-0.25, -0.2) is 0 Å². The van der Waals surface area contributed by atoms with Crippen molar-refractivity contribution in [1.82, 2.24) is 5.32 Å². The van der Waals surface area contributed by atoms with Gasteiger partial charge in [0.25, 0.3) is 0 Å². The van der Waals surface area contributed by atoms with Crippen molar-refractivity contribution < 1.29 is 9.47 Å². The van der Waals surface area contributed by atoms with Gasteiger partial charge in [0, 0.05) is 4.88 Å². The fraction of sp³-hybridized carbons (Fsp3) is 0.333. The summed E-state index contributed by atoms with van der Waals surface area (Å²) in [6.07, 6.45) is 1.12. The molecule has 0 fully saturated rings. The number of hydrogen-bond donors (Lipinski definition) is 1. The smallest absolute Gasteiger partial charge is 0.231 e. The van der Waals surface area contributed by atoms with Crippen LogP contribution in [0, 0.1) is 0 Å². The van der Waals surface area contributed by atoms with Gasteiger partial charge in [-0.3, -0.25) is 0 Å². The van der Waals surface area contributed by atoms with Gasteiger partial charge in [0.15, 0.2) is 11.5 Å².